The van der Waals surface area contributed by atoms with Crippen molar-refractivity contribution >= 4 is 8.19 Å². The predicted octanol–water partition coefficient (Wildman–Crippen LogP) is 1.53. The number of hydrogen-bond acceptors (Lipinski definition) is 1. The molecule has 7 heavy (non-hydrogen) atoms. The van der Waals surface area contributed by atoms with Gasteiger partial charge in [-0.15, -0.1) is 8.19 Å². The van der Waals surface area contributed by atoms with E-state index in [2.05, 4.69) is 5.80 Å². The van der Waals surface area contributed by atoms with E-state index in [1.807, 2.05) is 11.9 Å². The van der Waals surface area contributed by atoms with Gasteiger partial charge in [0, 0.05) is 5.80 Å². The van der Waals surface area contributed by atoms with Crippen molar-refractivity contribution in [3.05, 3.63) is 17.7 Å². The maximum atomic E-state index is 4.84. The smallest absolute Gasteiger partial charge is 0.131 e. The monoisotopic (exact) mass is 113 g/mol. The average Bonchev–Trinajstić information content (AvgIpc) is 2.14. The second kappa shape index (κ2) is 2.04. The van der Waals surface area contributed by atoms with Gasteiger partial charge in [0.25, 0.3) is 0 Å². The van der Waals surface area contributed by atoms with Crippen LogP contribution in [0, 0.1) is 5.80 Å². The van der Waals surface area contributed by atoms with Gasteiger partial charge in [0.1, 0.15) is 5.75 Å². The van der Waals surface area contributed by atoms with Crippen LogP contribution in [0.15, 0.2) is 11.9 Å². The first-order valence-electron chi connectivity index (χ1n) is 2.02. The second-order valence-corrected chi connectivity index (χ2v) is 2.04. The molecule has 37 valence electrons. The van der Waals surface area contributed by atoms with Gasteiger partial charge in [-0.25, -0.2) is 0 Å². The molecular weight excluding hydrogens is 107 g/mol. The Morgan fingerprint density at radius 2 is 2.71 bits per heavy atom. The van der Waals surface area contributed by atoms with Crippen LogP contribution in [0.1, 0.15) is 0 Å². The minimum Gasteiger partial charge on any atom is -0.496 e. The molecule has 2 heteroatoms. The van der Waals surface area contributed by atoms with Gasteiger partial charge in [-0.2, -0.15) is 0 Å². The lowest BCUT2D eigenvalue weighted by molar-refractivity contribution is 0.416. The molecule has 1 rings (SSSR count). The molecule has 0 fully saturated rings. The molecule has 1 unspecified atom stereocenters. The molecule has 1 nitrogen and oxygen atoms in total. The molecule has 0 spiro atoms. The van der Waals surface area contributed by atoms with Gasteiger partial charge >= 0.3 is 0 Å². The Morgan fingerprint density at radius 1 is 1.86 bits per heavy atom. The second-order valence-electron chi connectivity index (χ2n) is 1.17. The van der Waals surface area contributed by atoms with Crippen LogP contribution in [0.5, 0.6) is 5.75 Å². The van der Waals surface area contributed by atoms with Crippen LogP contribution in [-0.2, 0) is 0 Å². The lowest BCUT2D eigenvalue weighted by atomic mass is 10.6. The van der Waals surface area contributed by atoms with E-state index >= 15 is 0 Å². The number of hydrogen-bond donors (Lipinski definition) is 0. The molecule has 1 atom stereocenters. The third-order valence-corrected chi connectivity index (χ3v) is 1.46. The summed E-state index contributed by atoms with van der Waals surface area (Å²) in [4.78, 5) is 0. The highest BCUT2D eigenvalue weighted by atomic mass is 31.0. The fourth-order valence-electron chi connectivity index (χ4n) is 0.391. The van der Waals surface area contributed by atoms with Crippen LogP contribution in [-0.4, -0.2) is 7.11 Å². The molecule has 1 aromatic rings. The minimum absolute atomic E-state index is 0.703. The van der Waals surface area contributed by atoms with E-state index in [0.717, 1.165) is 5.75 Å². The van der Waals surface area contributed by atoms with Crippen LogP contribution < -0.4 is 4.74 Å². The molecular formula is C5H6OP. The summed E-state index contributed by atoms with van der Waals surface area (Å²) in [6, 6.07) is 1.93. The van der Waals surface area contributed by atoms with E-state index in [9.17, 15) is 0 Å². The highest BCUT2D eigenvalue weighted by Gasteiger charge is 1.82. The van der Waals surface area contributed by atoms with Gasteiger partial charge in [-0.3, -0.25) is 0 Å². The summed E-state index contributed by atoms with van der Waals surface area (Å²) < 4.78 is 4.84. The number of methoxy groups -OCH3 is 1. The zero-order valence-corrected chi connectivity index (χ0v) is 5.06. The molecule has 0 N–H and O–H groups in total. The van der Waals surface area contributed by atoms with E-state index < -0.39 is 0 Å². The maximum absolute atomic E-state index is 4.84. The predicted molar refractivity (Wildman–Crippen MR) is 31.3 cm³/mol. The zero-order valence-electron chi connectivity index (χ0n) is 4.06. The molecule has 1 radical (unpaired) electrons. The van der Waals surface area contributed by atoms with Crippen molar-refractivity contribution in [1.82, 2.24) is 0 Å². The molecule has 0 bridgehead atoms. The quantitative estimate of drug-likeness (QED) is 0.536. The number of ether oxygens (including phenoxy) is 1. The fourth-order valence-corrected chi connectivity index (χ4v) is 1.04. The highest BCUT2D eigenvalue weighted by molar-refractivity contribution is 7.28. The van der Waals surface area contributed by atoms with Gasteiger partial charge in [-0.05, 0) is 11.9 Å². The lowest BCUT2D eigenvalue weighted by Crippen LogP contribution is -1.74. The Labute approximate surface area is 44.4 Å². The van der Waals surface area contributed by atoms with Gasteiger partial charge in [0.05, 0.1) is 7.11 Å². The lowest BCUT2D eigenvalue weighted by Gasteiger charge is -1.86. The van der Waals surface area contributed by atoms with Crippen molar-refractivity contribution in [3.8, 4) is 5.75 Å². The van der Waals surface area contributed by atoms with Crippen molar-refractivity contribution < 1.29 is 4.74 Å². The first kappa shape index (κ1) is 4.73. The molecule has 0 saturated heterocycles. The topological polar surface area (TPSA) is 9.23 Å². The largest absolute Gasteiger partial charge is 0.496 e. The van der Waals surface area contributed by atoms with Crippen LogP contribution in [0.3, 0.4) is 0 Å². The molecule has 0 aliphatic rings. The first-order valence-corrected chi connectivity index (χ1v) is 3.10. The van der Waals surface area contributed by atoms with Crippen LogP contribution >= 0.6 is 8.19 Å². The summed E-state index contributed by atoms with van der Waals surface area (Å²) in [5, 5.41) is 0. The van der Waals surface area contributed by atoms with Crippen LogP contribution in [0.4, 0.5) is 0 Å². The molecule has 0 aliphatic heterocycles. The van der Waals surface area contributed by atoms with Crippen molar-refractivity contribution in [2.45, 2.75) is 0 Å². The van der Waals surface area contributed by atoms with Crippen molar-refractivity contribution in [1.29, 1.82) is 0 Å². The third kappa shape index (κ3) is 0.971. The van der Waals surface area contributed by atoms with Crippen LogP contribution in [0.25, 0.3) is 0 Å². The number of rotatable bonds is 1. The normalized spacial score (nSPS) is 9.86. The third-order valence-electron chi connectivity index (χ3n) is 0.733. The summed E-state index contributed by atoms with van der Waals surface area (Å²) in [7, 11) is 2.36. The van der Waals surface area contributed by atoms with E-state index in [1.54, 1.807) is 7.11 Å². The Balaban J connectivity index is 2.76. The molecule has 0 saturated carbocycles. The standard InChI is InChI=1S/C5H6OP/c1-6-5-2-3-7-4-5/h2-3,7H,1H3. The molecule has 0 amide bonds. The highest BCUT2D eigenvalue weighted by Crippen LogP contribution is 2.15. The molecule has 1 aromatic heterocycles. The SMILES string of the molecule is COc1[c][pH]cc1. The Morgan fingerprint density at radius 3 is 3.00 bits per heavy atom. The Hall–Kier alpha value is -0.420. The minimum atomic E-state index is 0.703. The van der Waals surface area contributed by atoms with E-state index in [0.29, 0.717) is 8.19 Å². The van der Waals surface area contributed by atoms with E-state index in [4.69, 9.17) is 4.74 Å². The Bertz CT molecular complexity index is 123. The van der Waals surface area contributed by atoms with Crippen molar-refractivity contribution in [2.24, 2.45) is 0 Å². The van der Waals surface area contributed by atoms with Gasteiger partial charge in [-0.1, -0.05) is 0 Å². The summed E-state index contributed by atoms with van der Waals surface area (Å²) in [5.41, 5.74) is 0. The Kier molecular flexibility index (Phi) is 1.38. The van der Waals surface area contributed by atoms with Gasteiger partial charge in [0.15, 0.2) is 0 Å². The molecule has 1 heterocycles. The summed E-state index contributed by atoms with van der Waals surface area (Å²) in [5.74, 6) is 5.93. The van der Waals surface area contributed by atoms with Gasteiger partial charge < -0.3 is 4.74 Å². The van der Waals surface area contributed by atoms with E-state index in [-0.39, 0.29) is 0 Å². The summed E-state index contributed by atoms with van der Waals surface area (Å²) >= 11 is 0. The zero-order chi connectivity index (χ0) is 5.11. The first-order chi connectivity index (χ1) is 3.43. The summed E-state index contributed by atoms with van der Waals surface area (Å²) in [6.45, 7) is 0. The van der Waals surface area contributed by atoms with E-state index in [1.165, 1.54) is 0 Å². The average molecular weight is 113 g/mol. The van der Waals surface area contributed by atoms with Crippen molar-refractivity contribution in [2.75, 3.05) is 7.11 Å². The molecule has 0 aliphatic carbocycles. The fraction of sp³-hybridized carbons (Fsp3) is 0.200. The maximum Gasteiger partial charge on any atom is 0.131 e. The molecule has 0 aromatic carbocycles. The van der Waals surface area contributed by atoms with Gasteiger partial charge in [0.2, 0.25) is 0 Å². The summed E-state index contributed by atoms with van der Waals surface area (Å²) in [6.07, 6.45) is 0. The van der Waals surface area contributed by atoms with Crippen molar-refractivity contribution in [3.63, 3.8) is 0 Å². The van der Waals surface area contributed by atoms with Crippen LogP contribution in [0.2, 0.25) is 0 Å².